The van der Waals surface area contributed by atoms with E-state index in [9.17, 15) is 14.7 Å². The van der Waals surface area contributed by atoms with E-state index in [2.05, 4.69) is 15.9 Å². The number of carboxylic acid groups (broad SMARTS) is 1. The molecule has 0 saturated heterocycles. The summed E-state index contributed by atoms with van der Waals surface area (Å²) in [6, 6.07) is 15.3. The second-order valence-corrected chi connectivity index (χ2v) is 6.62. The SMILES string of the molecule is CCOC(=O)C(CCc1cc(Br)ccc1OCc1ccccc1)C(=O)O. The molecule has 0 fully saturated rings. The van der Waals surface area contributed by atoms with Crippen LogP contribution in [-0.4, -0.2) is 23.7 Å². The topological polar surface area (TPSA) is 72.8 Å². The van der Waals surface area contributed by atoms with Gasteiger partial charge in [0.05, 0.1) is 6.61 Å². The molecule has 2 aromatic carbocycles. The molecule has 0 aromatic heterocycles. The van der Waals surface area contributed by atoms with Crippen LogP contribution in [0.5, 0.6) is 5.75 Å². The van der Waals surface area contributed by atoms with Crippen LogP contribution in [0.25, 0.3) is 0 Å². The number of carbonyl (C=O) groups is 2. The summed E-state index contributed by atoms with van der Waals surface area (Å²) in [6.07, 6.45) is 0.533. The molecule has 1 unspecified atom stereocenters. The van der Waals surface area contributed by atoms with Gasteiger partial charge >= 0.3 is 11.9 Å². The first-order valence-corrected chi connectivity index (χ1v) is 9.15. The highest BCUT2D eigenvalue weighted by molar-refractivity contribution is 9.10. The smallest absolute Gasteiger partial charge is 0.320 e. The van der Waals surface area contributed by atoms with E-state index in [-0.39, 0.29) is 13.0 Å². The molecule has 0 bridgehead atoms. The quantitative estimate of drug-likeness (QED) is 0.485. The predicted octanol–water partition coefficient (Wildman–Crippen LogP) is 4.22. The summed E-state index contributed by atoms with van der Waals surface area (Å²) in [5.41, 5.74) is 1.88. The largest absolute Gasteiger partial charge is 0.489 e. The molecule has 0 radical (unpaired) electrons. The number of rotatable bonds is 9. The lowest BCUT2D eigenvalue weighted by Crippen LogP contribution is -2.26. The lowest BCUT2D eigenvalue weighted by atomic mass is 9.99. The van der Waals surface area contributed by atoms with Crippen LogP contribution in [0.3, 0.4) is 0 Å². The summed E-state index contributed by atoms with van der Waals surface area (Å²) in [5.74, 6) is -2.40. The fourth-order valence-corrected chi connectivity index (χ4v) is 2.91. The lowest BCUT2D eigenvalue weighted by molar-refractivity contribution is -0.158. The molecule has 0 heterocycles. The Balaban J connectivity index is 2.08. The van der Waals surface area contributed by atoms with Crippen LogP contribution in [0.2, 0.25) is 0 Å². The minimum Gasteiger partial charge on any atom is -0.489 e. The van der Waals surface area contributed by atoms with Crippen LogP contribution in [0.15, 0.2) is 53.0 Å². The van der Waals surface area contributed by atoms with Gasteiger partial charge in [0.2, 0.25) is 0 Å². The monoisotopic (exact) mass is 420 g/mol. The van der Waals surface area contributed by atoms with Gasteiger partial charge < -0.3 is 14.6 Å². The van der Waals surface area contributed by atoms with Gasteiger partial charge in [-0.25, -0.2) is 0 Å². The van der Waals surface area contributed by atoms with Crippen molar-refractivity contribution in [1.29, 1.82) is 0 Å². The minimum atomic E-state index is -1.18. The van der Waals surface area contributed by atoms with Crippen molar-refractivity contribution in [2.45, 2.75) is 26.4 Å². The zero-order valence-electron chi connectivity index (χ0n) is 14.5. The zero-order valence-corrected chi connectivity index (χ0v) is 16.1. The van der Waals surface area contributed by atoms with Gasteiger partial charge in [-0.2, -0.15) is 0 Å². The lowest BCUT2D eigenvalue weighted by Gasteiger charge is -2.15. The number of hydrogen-bond donors (Lipinski definition) is 1. The van der Waals surface area contributed by atoms with Gasteiger partial charge in [-0.15, -0.1) is 0 Å². The highest BCUT2D eigenvalue weighted by atomic mass is 79.9. The molecule has 2 aromatic rings. The van der Waals surface area contributed by atoms with E-state index in [1.807, 2.05) is 48.5 Å². The standard InChI is InChI=1S/C20H21BrO5/c1-2-25-20(24)17(19(22)23)10-8-15-12-16(21)9-11-18(15)26-13-14-6-4-3-5-7-14/h3-7,9,11-12,17H,2,8,10,13H2,1H3,(H,22,23). The Morgan fingerprint density at radius 1 is 1.15 bits per heavy atom. The van der Waals surface area contributed by atoms with Gasteiger partial charge in [-0.3, -0.25) is 9.59 Å². The Morgan fingerprint density at radius 3 is 2.54 bits per heavy atom. The fourth-order valence-electron chi connectivity index (χ4n) is 2.50. The van der Waals surface area contributed by atoms with Crippen LogP contribution in [-0.2, 0) is 27.4 Å². The van der Waals surface area contributed by atoms with E-state index < -0.39 is 17.9 Å². The molecule has 0 saturated carbocycles. The van der Waals surface area contributed by atoms with E-state index in [1.54, 1.807) is 6.92 Å². The molecule has 5 nitrogen and oxygen atoms in total. The molecule has 0 aliphatic heterocycles. The maximum atomic E-state index is 11.8. The molecule has 26 heavy (non-hydrogen) atoms. The van der Waals surface area contributed by atoms with E-state index in [0.29, 0.717) is 18.8 Å². The Bertz CT molecular complexity index is 745. The van der Waals surface area contributed by atoms with Crippen molar-refractivity contribution in [2.24, 2.45) is 5.92 Å². The van der Waals surface area contributed by atoms with Crippen molar-refractivity contribution in [1.82, 2.24) is 0 Å². The van der Waals surface area contributed by atoms with E-state index in [1.165, 1.54) is 0 Å². The Hall–Kier alpha value is -2.34. The van der Waals surface area contributed by atoms with Gasteiger partial charge in [-0.1, -0.05) is 46.3 Å². The number of benzene rings is 2. The number of hydrogen-bond acceptors (Lipinski definition) is 4. The molecular weight excluding hydrogens is 400 g/mol. The molecule has 0 aliphatic rings. The van der Waals surface area contributed by atoms with Crippen molar-refractivity contribution >= 4 is 27.9 Å². The van der Waals surface area contributed by atoms with Crippen molar-refractivity contribution in [3.05, 3.63) is 64.1 Å². The summed E-state index contributed by atoms with van der Waals surface area (Å²) in [4.78, 5) is 23.2. The normalized spacial score (nSPS) is 11.6. The van der Waals surface area contributed by atoms with Gasteiger partial charge in [0.15, 0.2) is 5.92 Å². The Morgan fingerprint density at radius 2 is 1.88 bits per heavy atom. The first-order chi connectivity index (χ1) is 12.5. The third-order valence-electron chi connectivity index (χ3n) is 3.83. The number of aryl methyl sites for hydroxylation is 1. The molecule has 0 spiro atoms. The molecule has 1 N–H and O–H groups in total. The maximum Gasteiger partial charge on any atom is 0.320 e. The molecule has 6 heteroatoms. The van der Waals surface area contributed by atoms with Gasteiger partial charge in [0, 0.05) is 4.47 Å². The summed E-state index contributed by atoms with van der Waals surface area (Å²) in [5, 5.41) is 9.28. The summed E-state index contributed by atoms with van der Waals surface area (Å²) in [6.45, 7) is 2.22. The number of carboxylic acids is 1. The Labute approximate surface area is 161 Å². The zero-order chi connectivity index (χ0) is 18.9. The first kappa shape index (κ1) is 20.0. The van der Waals surface area contributed by atoms with Crippen LogP contribution >= 0.6 is 15.9 Å². The highest BCUT2D eigenvalue weighted by Gasteiger charge is 2.27. The number of carbonyl (C=O) groups excluding carboxylic acids is 1. The summed E-state index contributed by atoms with van der Waals surface area (Å²) >= 11 is 3.42. The molecule has 0 aliphatic carbocycles. The number of esters is 1. The molecule has 0 amide bonds. The van der Waals surface area contributed by atoms with Gasteiger partial charge in [-0.05, 0) is 49.1 Å². The van der Waals surface area contributed by atoms with Gasteiger partial charge in [0.1, 0.15) is 12.4 Å². The highest BCUT2D eigenvalue weighted by Crippen LogP contribution is 2.27. The number of aliphatic carboxylic acids is 1. The third kappa shape index (κ3) is 5.88. The second kappa shape index (κ2) is 9.97. The van der Waals surface area contributed by atoms with Crippen molar-refractivity contribution in [2.75, 3.05) is 6.61 Å². The Kier molecular flexibility index (Phi) is 7.66. The predicted molar refractivity (Wildman–Crippen MR) is 101 cm³/mol. The van der Waals surface area contributed by atoms with Crippen LogP contribution < -0.4 is 4.74 Å². The average Bonchev–Trinajstić information content (AvgIpc) is 2.62. The van der Waals surface area contributed by atoms with E-state index in [0.717, 1.165) is 15.6 Å². The minimum absolute atomic E-state index is 0.145. The third-order valence-corrected chi connectivity index (χ3v) is 4.32. The number of halogens is 1. The van der Waals surface area contributed by atoms with Crippen molar-refractivity contribution < 1.29 is 24.2 Å². The van der Waals surface area contributed by atoms with Crippen molar-refractivity contribution in [3.63, 3.8) is 0 Å². The average molecular weight is 421 g/mol. The maximum absolute atomic E-state index is 11.8. The van der Waals surface area contributed by atoms with Crippen molar-refractivity contribution in [3.8, 4) is 5.75 Å². The summed E-state index contributed by atoms with van der Waals surface area (Å²) < 4.78 is 11.6. The molecule has 2 rings (SSSR count). The van der Waals surface area contributed by atoms with Gasteiger partial charge in [0.25, 0.3) is 0 Å². The van der Waals surface area contributed by atoms with E-state index >= 15 is 0 Å². The van der Waals surface area contributed by atoms with Crippen LogP contribution in [0, 0.1) is 5.92 Å². The second-order valence-electron chi connectivity index (χ2n) is 5.71. The number of ether oxygens (including phenoxy) is 2. The van der Waals surface area contributed by atoms with Crippen LogP contribution in [0.4, 0.5) is 0 Å². The molecule has 138 valence electrons. The fraction of sp³-hybridized carbons (Fsp3) is 0.300. The van der Waals surface area contributed by atoms with Crippen LogP contribution in [0.1, 0.15) is 24.5 Å². The molecule has 1 atom stereocenters. The van der Waals surface area contributed by atoms with E-state index in [4.69, 9.17) is 9.47 Å². The molecular formula is C20H21BrO5. The summed E-state index contributed by atoms with van der Waals surface area (Å²) in [7, 11) is 0. The first-order valence-electron chi connectivity index (χ1n) is 8.35.